The van der Waals surface area contributed by atoms with Crippen molar-refractivity contribution in [3.8, 4) is 0 Å². The Bertz CT molecular complexity index is 304. The smallest absolute Gasteiger partial charge is 0.0576 e. The van der Waals surface area contributed by atoms with E-state index in [1.165, 1.54) is 31.2 Å². The monoisotopic (exact) mass is 233 g/mol. The van der Waals surface area contributed by atoms with Gasteiger partial charge in [0.15, 0.2) is 0 Å². The fraction of sp³-hybridized carbons (Fsp3) is 0.600. The number of hydrogen-bond acceptors (Lipinski definition) is 2. The zero-order valence-corrected chi connectivity index (χ0v) is 10.7. The molecular weight excluding hydrogens is 210 g/mol. The molecule has 0 aromatic heterocycles. The van der Waals surface area contributed by atoms with Gasteiger partial charge in [0, 0.05) is 6.04 Å². The lowest BCUT2D eigenvalue weighted by Crippen LogP contribution is -2.33. The fourth-order valence-corrected chi connectivity index (χ4v) is 2.51. The molecule has 1 aromatic rings. The molecule has 0 atom stereocenters. The maximum absolute atomic E-state index is 5.95. The fourth-order valence-electron chi connectivity index (χ4n) is 2.51. The zero-order valence-electron chi connectivity index (χ0n) is 10.7. The van der Waals surface area contributed by atoms with E-state index < -0.39 is 0 Å². The molecule has 0 unspecified atom stereocenters. The molecule has 1 N–H and O–H groups in total. The van der Waals surface area contributed by atoms with Crippen LogP contribution in [0, 0.1) is 0 Å². The van der Waals surface area contributed by atoms with Crippen molar-refractivity contribution < 1.29 is 4.74 Å². The molecule has 1 fully saturated rings. The second-order valence-corrected chi connectivity index (χ2v) is 4.87. The average molecular weight is 233 g/mol. The van der Waals surface area contributed by atoms with Gasteiger partial charge in [0.2, 0.25) is 0 Å². The van der Waals surface area contributed by atoms with Crippen LogP contribution in [0.15, 0.2) is 30.3 Å². The van der Waals surface area contributed by atoms with Crippen LogP contribution in [0.4, 0.5) is 0 Å². The third kappa shape index (κ3) is 4.14. The summed E-state index contributed by atoms with van der Waals surface area (Å²) < 4.78 is 5.95. The zero-order chi connectivity index (χ0) is 11.9. The van der Waals surface area contributed by atoms with E-state index in [9.17, 15) is 0 Å². The van der Waals surface area contributed by atoms with Gasteiger partial charge in [-0.2, -0.15) is 0 Å². The molecule has 2 heteroatoms. The quantitative estimate of drug-likeness (QED) is 0.844. The van der Waals surface area contributed by atoms with Crippen LogP contribution in [-0.2, 0) is 11.2 Å². The van der Waals surface area contributed by atoms with Gasteiger partial charge in [-0.1, -0.05) is 30.3 Å². The first-order valence-corrected chi connectivity index (χ1v) is 6.71. The second-order valence-electron chi connectivity index (χ2n) is 4.87. The van der Waals surface area contributed by atoms with E-state index in [1.54, 1.807) is 0 Å². The summed E-state index contributed by atoms with van der Waals surface area (Å²) in [7, 11) is 2.06. The van der Waals surface area contributed by atoms with Gasteiger partial charge in [-0.15, -0.1) is 0 Å². The molecule has 0 aliphatic heterocycles. The number of nitrogens with one attached hydrogen (secondary N) is 1. The molecule has 0 radical (unpaired) electrons. The number of benzene rings is 1. The van der Waals surface area contributed by atoms with Gasteiger partial charge in [-0.3, -0.25) is 0 Å². The van der Waals surface area contributed by atoms with Crippen LogP contribution in [-0.4, -0.2) is 25.8 Å². The highest BCUT2D eigenvalue weighted by Gasteiger charge is 2.19. The molecule has 0 bridgehead atoms. The van der Waals surface area contributed by atoms with Gasteiger partial charge in [-0.05, 0) is 44.7 Å². The summed E-state index contributed by atoms with van der Waals surface area (Å²) in [6.45, 7) is 0.860. The van der Waals surface area contributed by atoms with Crippen molar-refractivity contribution in [2.75, 3.05) is 13.7 Å². The molecule has 2 nitrogen and oxygen atoms in total. The van der Waals surface area contributed by atoms with E-state index in [-0.39, 0.29) is 0 Å². The molecule has 94 valence electrons. The van der Waals surface area contributed by atoms with Crippen LogP contribution < -0.4 is 5.32 Å². The van der Waals surface area contributed by atoms with Gasteiger partial charge in [0.05, 0.1) is 12.7 Å². The van der Waals surface area contributed by atoms with Crippen molar-refractivity contribution in [1.29, 1.82) is 0 Å². The Morgan fingerprint density at radius 1 is 1.12 bits per heavy atom. The Balaban J connectivity index is 1.63. The highest BCUT2D eigenvalue weighted by Crippen LogP contribution is 2.21. The van der Waals surface area contributed by atoms with Crippen LogP contribution in [0.1, 0.15) is 31.2 Å². The van der Waals surface area contributed by atoms with E-state index in [2.05, 4.69) is 42.7 Å². The van der Waals surface area contributed by atoms with Crippen LogP contribution >= 0.6 is 0 Å². The lowest BCUT2D eigenvalue weighted by atomic mass is 9.93. The third-order valence-corrected chi connectivity index (χ3v) is 3.67. The van der Waals surface area contributed by atoms with E-state index in [4.69, 9.17) is 4.74 Å². The first-order chi connectivity index (χ1) is 8.38. The maximum Gasteiger partial charge on any atom is 0.0576 e. The molecule has 0 amide bonds. The Kier molecular flexibility index (Phi) is 5.02. The molecule has 1 aliphatic carbocycles. The van der Waals surface area contributed by atoms with E-state index in [0.29, 0.717) is 12.1 Å². The lowest BCUT2D eigenvalue weighted by Gasteiger charge is -2.28. The summed E-state index contributed by atoms with van der Waals surface area (Å²) in [5, 5.41) is 3.35. The summed E-state index contributed by atoms with van der Waals surface area (Å²) in [6, 6.07) is 11.3. The minimum Gasteiger partial charge on any atom is -0.378 e. The van der Waals surface area contributed by atoms with Gasteiger partial charge in [-0.25, -0.2) is 0 Å². The Morgan fingerprint density at radius 2 is 1.82 bits per heavy atom. The minimum atomic E-state index is 0.489. The number of rotatable bonds is 5. The summed E-state index contributed by atoms with van der Waals surface area (Å²) in [5.41, 5.74) is 1.37. The van der Waals surface area contributed by atoms with Crippen molar-refractivity contribution in [3.05, 3.63) is 35.9 Å². The SMILES string of the molecule is CNC1CCC(OCCc2ccccc2)CC1. The Hall–Kier alpha value is -0.860. The maximum atomic E-state index is 5.95. The van der Waals surface area contributed by atoms with Crippen molar-refractivity contribution in [2.45, 2.75) is 44.2 Å². The first kappa shape index (κ1) is 12.6. The Morgan fingerprint density at radius 3 is 2.47 bits per heavy atom. The molecule has 0 heterocycles. The van der Waals surface area contributed by atoms with E-state index in [0.717, 1.165) is 13.0 Å². The summed E-state index contributed by atoms with van der Waals surface area (Å²) >= 11 is 0. The van der Waals surface area contributed by atoms with Crippen LogP contribution in [0.5, 0.6) is 0 Å². The van der Waals surface area contributed by atoms with Crippen molar-refractivity contribution in [3.63, 3.8) is 0 Å². The highest BCUT2D eigenvalue weighted by atomic mass is 16.5. The lowest BCUT2D eigenvalue weighted by molar-refractivity contribution is 0.0248. The summed E-state index contributed by atoms with van der Waals surface area (Å²) in [6.07, 6.45) is 6.45. The topological polar surface area (TPSA) is 21.3 Å². The second kappa shape index (κ2) is 6.77. The molecule has 2 rings (SSSR count). The highest BCUT2D eigenvalue weighted by molar-refractivity contribution is 5.14. The van der Waals surface area contributed by atoms with E-state index in [1.807, 2.05) is 0 Å². The van der Waals surface area contributed by atoms with Crippen molar-refractivity contribution in [1.82, 2.24) is 5.32 Å². The standard InChI is InChI=1S/C15H23NO/c1-16-14-7-9-15(10-8-14)17-12-11-13-5-3-2-4-6-13/h2-6,14-16H,7-12H2,1H3. The predicted octanol–water partition coefficient (Wildman–Crippen LogP) is 2.78. The molecule has 0 saturated heterocycles. The average Bonchev–Trinajstić information content (AvgIpc) is 2.41. The largest absolute Gasteiger partial charge is 0.378 e. The van der Waals surface area contributed by atoms with Gasteiger partial charge >= 0.3 is 0 Å². The van der Waals surface area contributed by atoms with Gasteiger partial charge in [0.25, 0.3) is 0 Å². The van der Waals surface area contributed by atoms with Crippen LogP contribution in [0.25, 0.3) is 0 Å². The van der Waals surface area contributed by atoms with Crippen molar-refractivity contribution in [2.24, 2.45) is 0 Å². The third-order valence-electron chi connectivity index (χ3n) is 3.67. The predicted molar refractivity (Wildman–Crippen MR) is 71.2 cm³/mol. The molecule has 0 spiro atoms. The van der Waals surface area contributed by atoms with Gasteiger partial charge < -0.3 is 10.1 Å². The Labute approximate surface area is 104 Å². The normalized spacial score (nSPS) is 24.8. The summed E-state index contributed by atoms with van der Waals surface area (Å²) in [4.78, 5) is 0. The van der Waals surface area contributed by atoms with Gasteiger partial charge in [0.1, 0.15) is 0 Å². The number of ether oxygens (including phenoxy) is 1. The van der Waals surface area contributed by atoms with Crippen molar-refractivity contribution >= 4 is 0 Å². The van der Waals surface area contributed by atoms with Crippen LogP contribution in [0.3, 0.4) is 0 Å². The molecule has 1 aromatic carbocycles. The first-order valence-electron chi connectivity index (χ1n) is 6.71. The van der Waals surface area contributed by atoms with Crippen LogP contribution in [0.2, 0.25) is 0 Å². The molecule has 1 aliphatic rings. The minimum absolute atomic E-state index is 0.489. The van der Waals surface area contributed by atoms with E-state index >= 15 is 0 Å². The summed E-state index contributed by atoms with van der Waals surface area (Å²) in [5.74, 6) is 0. The molecule has 17 heavy (non-hydrogen) atoms. The molecular formula is C15H23NO. The number of hydrogen-bond donors (Lipinski definition) is 1. The molecule has 1 saturated carbocycles.